The molecular weight excluding hydrogens is 395 g/mol. The van der Waals surface area contributed by atoms with E-state index in [-0.39, 0.29) is 6.71 Å². The number of aromatic amines is 1. The summed E-state index contributed by atoms with van der Waals surface area (Å²) in [5.74, 6) is 4.63. The molecule has 152 valence electrons. The molecule has 5 aromatic rings. The number of nitrogens with one attached hydrogen (secondary N) is 1. The summed E-state index contributed by atoms with van der Waals surface area (Å²) < 4.78 is 14.9. The molecule has 2 aliphatic rings. The molecule has 0 saturated heterocycles. The Morgan fingerprint density at radius 2 is 1.47 bits per heavy atom. The third kappa shape index (κ3) is 2.31. The van der Waals surface area contributed by atoms with Crippen LogP contribution in [0.15, 0.2) is 78.9 Å². The van der Waals surface area contributed by atoms with Gasteiger partial charge < -0.3 is 9.47 Å². The van der Waals surface area contributed by atoms with Crippen molar-refractivity contribution in [1.82, 2.24) is 4.98 Å². The Balaban J connectivity index is 1.50. The third-order valence-electron chi connectivity index (χ3n) is 6.77. The minimum Gasteiger partial charge on any atom is -0.458 e. The lowest BCUT2D eigenvalue weighted by Crippen LogP contribution is -2.57. The van der Waals surface area contributed by atoms with E-state index in [1.807, 2.05) is 30.3 Å². The Morgan fingerprint density at radius 1 is 0.750 bits per heavy atom. The highest BCUT2D eigenvalue weighted by atomic mass is 16.5. The van der Waals surface area contributed by atoms with Gasteiger partial charge in [0.25, 0.3) is 12.5 Å². The van der Waals surface area contributed by atoms with Gasteiger partial charge in [-0.2, -0.15) is 0 Å². The molecule has 4 nitrogen and oxygen atoms in total. The smallest absolute Gasteiger partial charge is 0.287 e. The van der Waals surface area contributed by atoms with Crippen molar-refractivity contribution >= 4 is 34.1 Å². The first-order chi connectivity index (χ1) is 15.7. The van der Waals surface area contributed by atoms with E-state index in [0.29, 0.717) is 0 Å². The molecule has 0 fully saturated rings. The first-order valence-electron chi connectivity index (χ1n) is 10.9. The molecule has 3 heterocycles. The number of hydrogen-bond donors (Lipinski definition) is 1. The van der Waals surface area contributed by atoms with Crippen LogP contribution >= 0.6 is 0 Å². The monoisotopic (exact) mass is 415 g/mol. The Bertz CT molecular complexity index is 1570. The second-order valence-corrected chi connectivity index (χ2v) is 8.60. The van der Waals surface area contributed by atoms with Crippen LogP contribution in [0.5, 0.6) is 23.0 Å². The van der Waals surface area contributed by atoms with Gasteiger partial charge in [-0.05, 0) is 53.7 Å². The van der Waals surface area contributed by atoms with Gasteiger partial charge in [-0.15, -0.1) is 0 Å². The van der Waals surface area contributed by atoms with Crippen LogP contribution in [0.4, 0.5) is 0 Å². The van der Waals surface area contributed by atoms with Gasteiger partial charge in [0.2, 0.25) is 0 Å². The number of imidazole rings is 1. The second kappa shape index (κ2) is 6.27. The van der Waals surface area contributed by atoms with Crippen molar-refractivity contribution in [2.24, 2.45) is 7.05 Å². The number of ether oxygens (including phenoxy) is 2. The van der Waals surface area contributed by atoms with Crippen molar-refractivity contribution in [2.45, 2.75) is 6.92 Å². The summed E-state index contributed by atoms with van der Waals surface area (Å²) in [5, 5.41) is 0. The Morgan fingerprint density at radius 3 is 2.31 bits per heavy atom. The van der Waals surface area contributed by atoms with Gasteiger partial charge in [0.05, 0.1) is 12.6 Å². The SMILES string of the molecule is Cc1ccccc1-c1[nH]c2cc3c(cc2[n+]1C)Oc1cccc2c1B3c1ccccc1O2. The van der Waals surface area contributed by atoms with Crippen molar-refractivity contribution in [3.05, 3.63) is 84.4 Å². The van der Waals surface area contributed by atoms with Gasteiger partial charge in [-0.3, -0.25) is 0 Å². The maximum atomic E-state index is 6.43. The summed E-state index contributed by atoms with van der Waals surface area (Å²) in [7, 11) is 2.10. The lowest BCUT2D eigenvalue weighted by Gasteiger charge is -2.32. The topological polar surface area (TPSA) is 38.1 Å². The fourth-order valence-electron chi connectivity index (χ4n) is 5.21. The fourth-order valence-corrected chi connectivity index (χ4v) is 5.21. The summed E-state index contributed by atoms with van der Waals surface area (Å²) >= 11 is 0. The largest absolute Gasteiger partial charge is 0.458 e. The van der Waals surface area contributed by atoms with E-state index < -0.39 is 0 Å². The first kappa shape index (κ1) is 17.7. The van der Waals surface area contributed by atoms with E-state index >= 15 is 0 Å². The molecule has 0 aliphatic carbocycles. The molecule has 0 unspecified atom stereocenters. The molecule has 32 heavy (non-hydrogen) atoms. The minimum absolute atomic E-state index is 0.0785. The average Bonchev–Trinajstić information content (AvgIpc) is 3.13. The number of nitrogens with zero attached hydrogens (tertiary/aromatic N) is 1. The number of para-hydroxylation sites is 1. The molecule has 0 atom stereocenters. The molecular formula is C27H20BN2O2+. The zero-order chi connectivity index (χ0) is 21.4. The van der Waals surface area contributed by atoms with Gasteiger partial charge in [-0.25, -0.2) is 9.55 Å². The molecule has 0 amide bonds. The van der Waals surface area contributed by atoms with E-state index in [1.165, 1.54) is 16.6 Å². The number of H-pyrrole nitrogens is 1. The molecule has 5 heteroatoms. The predicted molar refractivity (Wildman–Crippen MR) is 127 cm³/mol. The van der Waals surface area contributed by atoms with Crippen LogP contribution < -0.4 is 30.4 Å². The van der Waals surface area contributed by atoms with Crippen molar-refractivity contribution in [2.75, 3.05) is 0 Å². The number of hydrogen-bond acceptors (Lipinski definition) is 2. The van der Waals surface area contributed by atoms with Crippen molar-refractivity contribution in [1.29, 1.82) is 0 Å². The highest BCUT2D eigenvalue weighted by Gasteiger charge is 2.40. The van der Waals surface area contributed by atoms with Crippen LogP contribution in [-0.4, -0.2) is 11.7 Å². The van der Waals surface area contributed by atoms with E-state index in [9.17, 15) is 0 Å². The summed E-state index contributed by atoms with van der Waals surface area (Å²) in [5.41, 5.74) is 8.09. The summed E-state index contributed by atoms with van der Waals surface area (Å²) in [6.07, 6.45) is 0. The fraction of sp³-hybridized carbons (Fsp3) is 0.0741. The number of aromatic nitrogens is 2. The molecule has 0 radical (unpaired) electrons. The van der Waals surface area contributed by atoms with Gasteiger partial charge in [-0.1, -0.05) is 42.5 Å². The summed E-state index contributed by atoms with van der Waals surface area (Å²) in [6.45, 7) is 2.22. The van der Waals surface area contributed by atoms with Crippen LogP contribution in [0.3, 0.4) is 0 Å². The van der Waals surface area contributed by atoms with Gasteiger partial charge >= 0.3 is 0 Å². The average molecular weight is 415 g/mol. The lowest BCUT2D eigenvalue weighted by molar-refractivity contribution is -0.633. The lowest BCUT2D eigenvalue weighted by atomic mass is 9.35. The zero-order valence-electron chi connectivity index (χ0n) is 17.8. The van der Waals surface area contributed by atoms with E-state index in [0.717, 1.165) is 50.8 Å². The molecule has 2 aliphatic heterocycles. The van der Waals surface area contributed by atoms with Gasteiger partial charge in [0, 0.05) is 11.5 Å². The Kier molecular flexibility index (Phi) is 3.46. The summed E-state index contributed by atoms with van der Waals surface area (Å²) in [6, 6.07) is 27.2. The normalized spacial score (nSPS) is 13.1. The first-order valence-corrected chi connectivity index (χ1v) is 10.9. The zero-order valence-corrected chi connectivity index (χ0v) is 17.8. The molecule has 1 aromatic heterocycles. The minimum atomic E-state index is 0.0785. The third-order valence-corrected chi connectivity index (χ3v) is 6.77. The van der Waals surface area contributed by atoms with Crippen molar-refractivity contribution in [3.8, 4) is 34.4 Å². The van der Waals surface area contributed by atoms with Crippen LogP contribution in [0.2, 0.25) is 0 Å². The number of aryl methyl sites for hydroxylation is 2. The van der Waals surface area contributed by atoms with Crippen LogP contribution in [0.25, 0.3) is 22.4 Å². The Hall–Kier alpha value is -3.99. The standard InChI is InChI=1S/C27H19BN2O2/c1-16-8-3-4-9-17(16)27-29-20-14-19-25(15-21(20)30(27)2)32-24-13-7-12-23-26(24)28(19)18-10-5-6-11-22(18)31-23/h3-15H,1-2H3/p+1. The van der Waals surface area contributed by atoms with E-state index in [1.54, 1.807) is 0 Å². The Labute approximate surface area is 186 Å². The quantitative estimate of drug-likeness (QED) is 0.328. The molecule has 0 spiro atoms. The van der Waals surface area contributed by atoms with Gasteiger partial charge in [0.15, 0.2) is 11.0 Å². The molecule has 1 N–H and O–H groups in total. The molecule has 0 saturated carbocycles. The summed E-state index contributed by atoms with van der Waals surface area (Å²) in [4.78, 5) is 3.67. The maximum absolute atomic E-state index is 6.43. The van der Waals surface area contributed by atoms with Crippen LogP contribution in [0, 0.1) is 6.92 Å². The number of benzene rings is 4. The van der Waals surface area contributed by atoms with E-state index in [4.69, 9.17) is 9.47 Å². The van der Waals surface area contributed by atoms with Crippen LogP contribution in [-0.2, 0) is 7.05 Å². The number of rotatable bonds is 1. The predicted octanol–water partition coefficient (Wildman–Crippen LogP) is 3.70. The van der Waals surface area contributed by atoms with Gasteiger partial charge in [0.1, 0.15) is 23.0 Å². The molecule has 7 rings (SSSR count). The molecule has 0 bridgehead atoms. The molecule has 4 aromatic carbocycles. The maximum Gasteiger partial charge on any atom is 0.287 e. The van der Waals surface area contributed by atoms with E-state index in [2.05, 4.69) is 72.1 Å². The highest BCUT2D eigenvalue weighted by Crippen LogP contribution is 2.35. The van der Waals surface area contributed by atoms with Crippen LogP contribution in [0.1, 0.15) is 5.56 Å². The second-order valence-electron chi connectivity index (χ2n) is 8.60. The van der Waals surface area contributed by atoms with Crippen molar-refractivity contribution in [3.63, 3.8) is 0 Å². The number of fused-ring (bicyclic) bond motifs is 5. The highest BCUT2D eigenvalue weighted by molar-refractivity contribution is 6.98. The van der Waals surface area contributed by atoms with Crippen molar-refractivity contribution < 1.29 is 14.0 Å².